The first kappa shape index (κ1) is 39.8. The van der Waals surface area contributed by atoms with Gasteiger partial charge in [-0.2, -0.15) is 0 Å². The van der Waals surface area contributed by atoms with Gasteiger partial charge in [-0.1, -0.05) is 170 Å². The van der Waals surface area contributed by atoms with Crippen LogP contribution in [0.5, 0.6) is 0 Å². The minimum absolute atomic E-state index is 0.172. The van der Waals surface area contributed by atoms with Crippen LogP contribution in [-0.4, -0.2) is 14.1 Å². The molecule has 0 fully saturated rings. The molecule has 0 amide bonds. The largest absolute Gasteiger partial charge is 0.310 e. The Morgan fingerprint density at radius 3 is 1.72 bits per heavy atom. The molecule has 0 radical (unpaired) electrons. The van der Waals surface area contributed by atoms with Gasteiger partial charge in [-0.15, -0.1) is 0 Å². The van der Waals surface area contributed by atoms with Crippen LogP contribution in [0.4, 0.5) is 0 Å². The normalized spacial score (nSPS) is 14.4. The minimum atomic E-state index is 0.172. The summed E-state index contributed by atoms with van der Waals surface area (Å²) in [6.07, 6.45) is 14.6. The molecule has 68 heavy (non-hydrogen) atoms. The maximum Gasteiger partial charge on any atom is 0.0711 e. The summed E-state index contributed by atoms with van der Waals surface area (Å²) >= 11 is 0. The second kappa shape index (κ2) is 16.7. The quantitative estimate of drug-likeness (QED) is 0.149. The van der Waals surface area contributed by atoms with Gasteiger partial charge in [0.05, 0.1) is 22.2 Å². The topological polar surface area (TPSA) is 22.8 Å². The average molecular weight is 870 g/mol. The van der Waals surface area contributed by atoms with E-state index in [4.69, 9.17) is 4.98 Å². The number of rotatable bonds is 8. The SMILES string of the molecule is C1=Cc2c(c3cc(-c4ccc5c(c4)c4ccccc4n5-c4ccc(-c5cc(-c6ccc(-c7ccccc7)cc6)nc(C6C=CC(c7ccccc7)=CC6)c5)cc4)ccc3n2-c2ccccc2)CC1. The highest BCUT2D eigenvalue weighted by Crippen LogP contribution is 2.40. The minimum Gasteiger partial charge on any atom is -0.310 e. The molecule has 1 atom stereocenters. The van der Waals surface area contributed by atoms with E-state index in [1.165, 1.54) is 83.0 Å². The van der Waals surface area contributed by atoms with Gasteiger partial charge in [-0.05, 0) is 142 Å². The van der Waals surface area contributed by atoms with Crippen molar-refractivity contribution in [2.24, 2.45) is 0 Å². The van der Waals surface area contributed by atoms with Gasteiger partial charge >= 0.3 is 0 Å². The van der Waals surface area contributed by atoms with Gasteiger partial charge in [0.15, 0.2) is 0 Å². The van der Waals surface area contributed by atoms with Crippen LogP contribution in [0.2, 0.25) is 0 Å². The molecule has 3 nitrogen and oxygen atoms in total. The van der Waals surface area contributed by atoms with E-state index >= 15 is 0 Å². The molecule has 13 rings (SSSR count). The summed E-state index contributed by atoms with van der Waals surface area (Å²) in [6.45, 7) is 0. The molecule has 0 aliphatic heterocycles. The van der Waals surface area contributed by atoms with Crippen molar-refractivity contribution < 1.29 is 0 Å². The molecule has 0 spiro atoms. The first-order valence-electron chi connectivity index (χ1n) is 23.9. The second-order valence-corrected chi connectivity index (χ2v) is 18.2. The standard InChI is InChI=1S/C65H47N3/c1-4-14-44(15-5-1)46-24-28-49(29-25-46)60-42-53(43-61(66-60)50-30-26-47(27-31-50)45-16-6-2-7-17-45)48-32-36-55(37-33-48)68-63-23-13-11-21-57(63)59-41-52(35-39-65(59)68)51-34-38-64-58(40-51)56-20-10-12-22-62(56)67(64)54-18-8-3-9-19-54/h1-9,11-19,21-30,32-43,50H,10,20,31H2. The molecule has 2 aliphatic rings. The van der Waals surface area contributed by atoms with Crippen molar-refractivity contribution in [3.63, 3.8) is 0 Å². The summed E-state index contributed by atoms with van der Waals surface area (Å²) < 4.78 is 4.85. The van der Waals surface area contributed by atoms with E-state index in [0.29, 0.717) is 0 Å². The van der Waals surface area contributed by atoms with Gasteiger partial charge in [0.25, 0.3) is 0 Å². The van der Waals surface area contributed by atoms with Gasteiger partial charge < -0.3 is 9.13 Å². The monoisotopic (exact) mass is 869 g/mol. The molecule has 11 aromatic rings. The molecule has 3 heterocycles. The van der Waals surface area contributed by atoms with Crippen molar-refractivity contribution in [3.8, 4) is 56.0 Å². The lowest BCUT2D eigenvalue weighted by Crippen LogP contribution is -2.03. The van der Waals surface area contributed by atoms with Crippen LogP contribution >= 0.6 is 0 Å². The Morgan fingerprint density at radius 1 is 0.412 bits per heavy atom. The van der Waals surface area contributed by atoms with E-state index in [-0.39, 0.29) is 5.92 Å². The van der Waals surface area contributed by atoms with E-state index in [1.807, 2.05) is 0 Å². The van der Waals surface area contributed by atoms with Crippen molar-refractivity contribution in [2.45, 2.75) is 25.2 Å². The molecule has 0 bridgehead atoms. The highest BCUT2D eigenvalue weighted by molar-refractivity contribution is 6.10. The Balaban J connectivity index is 0.865. The van der Waals surface area contributed by atoms with Crippen LogP contribution in [0, 0.1) is 0 Å². The number of hydrogen-bond acceptors (Lipinski definition) is 1. The summed E-state index contributed by atoms with van der Waals surface area (Å²) in [5, 5.41) is 3.84. The van der Waals surface area contributed by atoms with Crippen molar-refractivity contribution in [1.82, 2.24) is 14.1 Å². The van der Waals surface area contributed by atoms with E-state index in [9.17, 15) is 0 Å². The van der Waals surface area contributed by atoms with Crippen LogP contribution in [0.1, 0.15) is 41.3 Å². The molecule has 3 aromatic heterocycles. The third kappa shape index (κ3) is 7.03. The van der Waals surface area contributed by atoms with Gasteiger partial charge in [0.1, 0.15) is 0 Å². The van der Waals surface area contributed by atoms with Crippen LogP contribution in [-0.2, 0) is 6.42 Å². The maximum atomic E-state index is 5.37. The van der Waals surface area contributed by atoms with E-state index < -0.39 is 0 Å². The summed E-state index contributed by atoms with van der Waals surface area (Å²) in [6, 6.07) is 77.4. The predicted molar refractivity (Wildman–Crippen MR) is 285 cm³/mol. The predicted octanol–water partition coefficient (Wildman–Crippen LogP) is 16.9. The highest BCUT2D eigenvalue weighted by Gasteiger charge is 2.21. The lowest BCUT2D eigenvalue weighted by atomic mass is 9.89. The zero-order valence-corrected chi connectivity index (χ0v) is 37.6. The highest BCUT2D eigenvalue weighted by atomic mass is 15.0. The molecule has 0 saturated heterocycles. The third-order valence-corrected chi connectivity index (χ3v) is 14.1. The van der Waals surface area contributed by atoms with Gasteiger partial charge in [-0.3, -0.25) is 4.98 Å². The Bertz CT molecular complexity index is 3770. The van der Waals surface area contributed by atoms with Crippen LogP contribution in [0.15, 0.2) is 237 Å². The van der Waals surface area contributed by atoms with E-state index in [1.54, 1.807) is 0 Å². The zero-order valence-electron chi connectivity index (χ0n) is 37.6. The van der Waals surface area contributed by atoms with Gasteiger partial charge in [-0.25, -0.2) is 0 Å². The fraction of sp³-hybridized carbons (Fsp3) is 0.0615. The summed E-state index contributed by atoms with van der Waals surface area (Å²) in [7, 11) is 0. The Labute approximate surface area is 397 Å². The molecule has 3 heteroatoms. The van der Waals surface area contributed by atoms with E-state index in [0.717, 1.165) is 53.0 Å². The molecule has 1 unspecified atom stereocenters. The lowest BCUT2D eigenvalue weighted by molar-refractivity contribution is 0.820. The number of aryl methyl sites for hydroxylation is 1. The van der Waals surface area contributed by atoms with Crippen LogP contribution in [0.3, 0.4) is 0 Å². The van der Waals surface area contributed by atoms with Crippen molar-refractivity contribution >= 4 is 44.4 Å². The smallest absolute Gasteiger partial charge is 0.0711 e. The molecular weight excluding hydrogens is 823 g/mol. The first-order chi connectivity index (χ1) is 33.7. The Hall–Kier alpha value is -8.53. The number of fused-ring (bicyclic) bond motifs is 6. The summed E-state index contributed by atoms with van der Waals surface area (Å²) in [5.41, 5.74) is 21.6. The molecule has 0 saturated carbocycles. The van der Waals surface area contributed by atoms with Gasteiger partial charge in [0.2, 0.25) is 0 Å². The number of allylic oxidation sites excluding steroid dienone is 5. The fourth-order valence-electron chi connectivity index (χ4n) is 10.7. The molecule has 2 aliphatic carbocycles. The summed E-state index contributed by atoms with van der Waals surface area (Å²) in [4.78, 5) is 5.37. The lowest BCUT2D eigenvalue weighted by Gasteiger charge is -2.19. The van der Waals surface area contributed by atoms with Crippen molar-refractivity contribution in [3.05, 3.63) is 259 Å². The number of para-hydroxylation sites is 2. The van der Waals surface area contributed by atoms with Crippen molar-refractivity contribution in [1.29, 1.82) is 0 Å². The average Bonchev–Trinajstić information content (AvgIpc) is 3.94. The fourth-order valence-corrected chi connectivity index (χ4v) is 10.7. The maximum absolute atomic E-state index is 5.37. The molecule has 8 aromatic carbocycles. The first-order valence-corrected chi connectivity index (χ1v) is 23.9. The van der Waals surface area contributed by atoms with Crippen LogP contribution in [0.25, 0.3) is 100 Å². The van der Waals surface area contributed by atoms with Gasteiger partial charge in [0, 0.05) is 50.4 Å². The molecule has 322 valence electrons. The number of hydrogen-bond donors (Lipinski definition) is 0. The number of aromatic nitrogens is 3. The Kier molecular flexibility index (Phi) is 9.79. The third-order valence-electron chi connectivity index (χ3n) is 14.1. The number of benzene rings is 8. The van der Waals surface area contributed by atoms with E-state index in [2.05, 4.69) is 252 Å². The Morgan fingerprint density at radius 2 is 0.985 bits per heavy atom. The number of pyridine rings is 1. The molecular formula is C65H47N3. The summed E-state index contributed by atoms with van der Waals surface area (Å²) in [5.74, 6) is 0.172. The second-order valence-electron chi connectivity index (χ2n) is 18.2. The van der Waals surface area contributed by atoms with Crippen LogP contribution < -0.4 is 0 Å². The molecule has 0 N–H and O–H groups in total. The van der Waals surface area contributed by atoms with Crippen molar-refractivity contribution in [2.75, 3.05) is 0 Å². The zero-order chi connectivity index (χ0) is 45.0. The number of nitrogens with zero attached hydrogens (tertiary/aromatic N) is 3.